The summed E-state index contributed by atoms with van der Waals surface area (Å²) in [5.74, 6) is 0.817. The van der Waals surface area contributed by atoms with Gasteiger partial charge in [-0.3, -0.25) is 4.98 Å². The van der Waals surface area contributed by atoms with E-state index in [1.165, 1.54) is 12.1 Å². The van der Waals surface area contributed by atoms with Crippen LogP contribution in [0.2, 0.25) is 0 Å². The number of halogens is 2. The molecule has 0 bridgehead atoms. The SMILES string of the molecule is Nc1ccc(Oc2ccc(F)cc2)c2ncc(Br)cc12. The minimum Gasteiger partial charge on any atom is -0.455 e. The molecule has 0 radical (unpaired) electrons. The smallest absolute Gasteiger partial charge is 0.153 e. The number of aromatic nitrogens is 1. The molecular formula is C15H10BrFN2O. The maximum absolute atomic E-state index is 12.9. The van der Waals surface area contributed by atoms with Crippen LogP contribution in [0.5, 0.6) is 11.5 Å². The minimum absolute atomic E-state index is 0.304. The zero-order valence-corrected chi connectivity index (χ0v) is 11.9. The van der Waals surface area contributed by atoms with Crippen molar-refractivity contribution in [2.75, 3.05) is 5.73 Å². The number of nitrogens with zero attached hydrogens (tertiary/aromatic N) is 1. The molecule has 0 saturated carbocycles. The van der Waals surface area contributed by atoms with Crippen molar-refractivity contribution >= 4 is 32.5 Å². The summed E-state index contributed by atoms with van der Waals surface area (Å²) in [5, 5.41) is 0.805. The lowest BCUT2D eigenvalue weighted by Crippen LogP contribution is -1.93. The highest BCUT2D eigenvalue weighted by molar-refractivity contribution is 9.10. The van der Waals surface area contributed by atoms with Gasteiger partial charge in [0.15, 0.2) is 5.75 Å². The molecule has 2 N–H and O–H groups in total. The molecule has 3 aromatic rings. The number of rotatable bonds is 2. The second-order valence-corrected chi connectivity index (χ2v) is 5.17. The molecule has 0 amide bonds. The number of nitrogens with two attached hydrogens (primary N) is 1. The van der Waals surface area contributed by atoms with Gasteiger partial charge in [-0.25, -0.2) is 4.39 Å². The first-order chi connectivity index (χ1) is 9.63. The minimum atomic E-state index is -0.304. The number of nitrogen functional groups attached to an aromatic ring is 1. The number of fused-ring (bicyclic) bond motifs is 1. The van der Waals surface area contributed by atoms with E-state index in [-0.39, 0.29) is 5.82 Å². The molecule has 3 rings (SSSR count). The Morgan fingerprint density at radius 2 is 1.85 bits per heavy atom. The largest absolute Gasteiger partial charge is 0.455 e. The molecule has 0 spiro atoms. The van der Waals surface area contributed by atoms with E-state index < -0.39 is 0 Å². The Balaban J connectivity index is 2.08. The number of anilines is 1. The molecule has 0 atom stereocenters. The van der Waals surface area contributed by atoms with E-state index in [1.807, 2.05) is 6.07 Å². The molecule has 0 unspecified atom stereocenters. The predicted octanol–water partition coefficient (Wildman–Crippen LogP) is 4.51. The second kappa shape index (κ2) is 5.09. The van der Waals surface area contributed by atoms with Gasteiger partial charge < -0.3 is 10.5 Å². The van der Waals surface area contributed by atoms with E-state index >= 15 is 0 Å². The van der Waals surface area contributed by atoms with Crippen LogP contribution in [-0.2, 0) is 0 Å². The normalized spacial score (nSPS) is 10.7. The van der Waals surface area contributed by atoms with Crippen LogP contribution >= 0.6 is 15.9 Å². The van der Waals surface area contributed by atoms with Crippen LogP contribution in [0.3, 0.4) is 0 Å². The number of hydrogen-bond donors (Lipinski definition) is 1. The lowest BCUT2D eigenvalue weighted by atomic mass is 10.1. The molecule has 0 aliphatic rings. The van der Waals surface area contributed by atoms with E-state index in [2.05, 4.69) is 20.9 Å². The van der Waals surface area contributed by atoms with E-state index in [9.17, 15) is 4.39 Å². The van der Waals surface area contributed by atoms with Crippen LogP contribution in [0.25, 0.3) is 10.9 Å². The van der Waals surface area contributed by atoms with E-state index in [1.54, 1.807) is 30.5 Å². The second-order valence-electron chi connectivity index (χ2n) is 4.26. The summed E-state index contributed by atoms with van der Waals surface area (Å²) >= 11 is 3.37. The number of hydrogen-bond acceptors (Lipinski definition) is 3. The van der Waals surface area contributed by atoms with Gasteiger partial charge in [0, 0.05) is 21.7 Å². The Hall–Kier alpha value is -2.14. The van der Waals surface area contributed by atoms with Crippen LogP contribution in [0, 0.1) is 5.82 Å². The highest BCUT2D eigenvalue weighted by Crippen LogP contribution is 2.33. The molecule has 2 aromatic carbocycles. The molecule has 0 saturated heterocycles. The highest BCUT2D eigenvalue weighted by Gasteiger charge is 2.08. The van der Waals surface area contributed by atoms with Crippen molar-refractivity contribution in [2.45, 2.75) is 0 Å². The van der Waals surface area contributed by atoms with Crippen molar-refractivity contribution in [3.05, 3.63) is 59.0 Å². The van der Waals surface area contributed by atoms with E-state index in [4.69, 9.17) is 10.5 Å². The highest BCUT2D eigenvalue weighted by atomic mass is 79.9. The molecule has 1 aromatic heterocycles. The Morgan fingerprint density at radius 3 is 2.60 bits per heavy atom. The first-order valence-corrected chi connectivity index (χ1v) is 6.70. The maximum Gasteiger partial charge on any atom is 0.153 e. The summed E-state index contributed by atoms with van der Waals surface area (Å²) in [6.07, 6.45) is 1.68. The lowest BCUT2D eigenvalue weighted by Gasteiger charge is -2.10. The molecule has 100 valence electrons. The van der Waals surface area contributed by atoms with Gasteiger partial charge in [0.05, 0.1) is 0 Å². The van der Waals surface area contributed by atoms with Crippen molar-refractivity contribution in [1.82, 2.24) is 4.98 Å². The van der Waals surface area contributed by atoms with Crippen LogP contribution in [0.15, 0.2) is 53.1 Å². The lowest BCUT2D eigenvalue weighted by molar-refractivity contribution is 0.485. The fourth-order valence-corrected chi connectivity index (χ4v) is 2.23. The topological polar surface area (TPSA) is 48.1 Å². The van der Waals surface area contributed by atoms with Crippen molar-refractivity contribution in [1.29, 1.82) is 0 Å². The van der Waals surface area contributed by atoms with Crippen LogP contribution in [0.4, 0.5) is 10.1 Å². The monoisotopic (exact) mass is 332 g/mol. The summed E-state index contributed by atoms with van der Waals surface area (Å²) in [4.78, 5) is 4.33. The molecular weight excluding hydrogens is 323 g/mol. The summed E-state index contributed by atoms with van der Waals surface area (Å²) in [7, 11) is 0. The van der Waals surface area contributed by atoms with Crippen molar-refractivity contribution in [3.8, 4) is 11.5 Å². The molecule has 5 heteroatoms. The number of ether oxygens (including phenoxy) is 1. The first-order valence-electron chi connectivity index (χ1n) is 5.90. The van der Waals surface area contributed by atoms with E-state index in [0.717, 1.165) is 9.86 Å². The number of benzene rings is 2. The Kier molecular flexibility index (Phi) is 3.28. The Bertz CT molecular complexity index is 775. The molecule has 1 heterocycles. The third kappa shape index (κ3) is 2.44. The molecule has 0 fully saturated rings. The Morgan fingerprint density at radius 1 is 1.10 bits per heavy atom. The van der Waals surface area contributed by atoms with Gasteiger partial charge in [-0.05, 0) is 58.4 Å². The molecule has 3 nitrogen and oxygen atoms in total. The van der Waals surface area contributed by atoms with Gasteiger partial charge in [0.1, 0.15) is 17.1 Å². The van der Waals surface area contributed by atoms with Crippen molar-refractivity contribution < 1.29 is 9.13 Å². The third-order valence-corrected chi connectivity index (χ3v) is 3.29. The zero-order chi connectivity index (χ0) is 14.1. The van der Waals surface area contributed by atoms with E-state index in [0.29, 0.717) is 22.7 Å². The summed E-state index contributed by atoms with van der Waals surface area (Å²) in [6.45, 7) is 0. The quantitative estimate of drug-likeness (QED) is 0.702. The van der Waals surface area contributed by atoms with Gasteiger partial charge in [0.25, 0.3) is 0 Å². The average molecular weight is 333 g/mol. The fraction of sp³-hybridized carbons (Fsp3) is 0. The molecule has 0 aliphatic heterocycles. The predicted molar refractivity (Wildman–Crippen MR) is 80.3 cm³/mol. The van der Waals surface area contributed by atoms with Gasteiger partial charge >= 0.3 is 0 Å². The van der Waals surface area contributed by atoms with Crippen molar-refractivity contribution in [3.63, 3.8) is 0 Å². The zero-order valence-electron chi connectivity index (χ0n) is 10.3. The maximum atomic E-state index is 12.9. The van der Waals surface area contributed by atoms with Crippen LogP contribution < -0.4 is 10.5 Å². The van der Waals surface area contributed by atoms with Crippen LogP contribution in [-0.4, -0.2) is 4.98 Å². The van der Waals surface area contributed by atoms with Gasteiger partial charge in [-0.1, -0.05) is 0 Å². The summed E-state index contributed by atoms with van der Waals surface area (Å²) < 4.78 is 19.5. The van der Waals surface area contributed by atoms with Gasteiger partial charge in [-0.2, -0.15) is 0 Å². The van der Waals surface area contributed by atoms with Crippen LogP contribution in [0.1, 0.15) is 0 Å². The summed E-state index contributed by atoms with van der Waals surface area (Å²) in [6, 6.07) is 11.2. The molecule has 20 heavy (non-hydrogen) atoms. The average Bonchev–Trinajstić information content (AvgIpc) is 2.44. The third-order valence-electron chi connectivity index (χ3n) is 2.85. The first kappa shape index (κ1) is 12.9. The van der Waals surface area contributed by atoms with Crippen molar-refractivity contribution in [2.24, 2.45) is 0 Å². The van der Waals surface area contributed by atoms with Gasteiger partial charge in [-0.15, -0.1) is 0 Å². The standard InChI is InChI=1S/C15H10BrFN2O/c16-9-7-12-13(18)5-6-14(15(12)19-8-9)20-11-3-1-10(17)2-4-11/h1-8H,18H2. The fourth-order valence-electron chi connectivity index (χ4n) is 1.90. The Labute approximate surface area is 123 Å². The summed E-state index contributed by atoms with van der Waals surface area (Å²) in [5.41, 5.74) is 7.23. The number of pyridine rings is 1. The molecule has 0 aliphatic carbocycles. The van der Waals surface area contributed by atoms with Gasteiger partial charge in [0.2, 0.25) is 0 Å².